The first-order valence-electron chi connectivity index (χ1n) is 12.9. The van der Waals surface area contributed by atoms with E-state index < -0.39 is 36.4 Å². The number of halogens is 1. The Labute approximate surface area is 233 Å². The molecule has 2 atom stereocenters. The van der Waals surface area contributed by atoms with Crippen LogP contribution in [0.4, 0.5) is 10.3 Å². The Bertz CT molecular complexity index is 1320. The first-order chi connectivity index (χ1) is 17.9. The number of sulfonamides is 1. The second-order valence-electron chi connectivity index (χ2n) is 11.6. The van der Waals surface area contributed by atoms with Crippen molar-refractivity contribution in [3.8, 4) is 17.3 Å². The van der Waals surface area contributed by atoms with E-state index in [0.29, 0.717) is 22.5 Å². The lowest BCUT2D eigenvalue weighted by atomic mass is 9.97. The summed E-state index contributed by atoms with van der Waals surface area (Å²) in [5.41, 5.74) is 2.14. The summed E-state index contributed by atoms with van der Waals surface area (Å²) in [5.74, 6) is -0.540. The molecule has 1 N–H and O–H groups in total. The van der Waals surface area contributed by atoms with Crippen LogP contribution in [-0.2, 0) is 14.4 Å². The van der Waals surface area contributed by atoms with E-state index >= 15 is 0 Å². The van der Waals surface area contributed by atoms with Gasteiger partial charge in [0.15, 0.2) is 8.32 Å². The molecule has 0 aliphatic rings. The molecule has 2 rings (SSSR count). The third kappa shape index (κ3) is 8.67. The van der Waals surface area contributed by atoms with Crippen LogP contribution >= 0.6 is 0 Å². The van der Waals surface area contributed by atoms with Crippen molar-refractivity contribution in [2.24, 2.45) is 0 Å². The maximum absolute atomic E-state index is 13.7. The molecule has 0 unspecified atom stereocenters. The van der Waals surface area contributed by atoms with E-state index in [9.17, 15) is 23.2 Å². The number of rotatable bonds is 11. The lowest BCUT2D eigenvalue weighted by molar-refractivity contribution is 0.113. The van der Waals surface area contributed by atoms with Gasteiger partial charge < -0.3 is 9.53 Å². The van der Waals surface area contributed by atoms with Gasteiger partial charge in [0.05, 0.1) is 42.3 Å². The summed E-state index contributed by atoms with van der Waals surface area (Å²) in [7, 11) is -4.42. The van der Waals surface area contributed by atoms with Crippen molar-refractivity contribution in [1.82, 2.24) is 9.97 Å². The molecule has 11 heteroatoms. The molecule has 0 aliphatic carbocycles. The predicted molar refractivity (Wildman–Crippen MR) is 157 cm³/mol. The van der Waals surface area contributed by atoms with Gasteiger partial charge in [-0.25, -0.2) is 27.1 Å². The number of nitrogens with zero attached hydrogens (tertiary/aromatic N) is 4. The van der Waals surface area contributed by atoms with Crippen molar-refractivity contribution in [2.75, 3.05) is 17.6 Å². The molecule has 214 valence electrons. The first-order valence-corrected chi connectivity index (χ1v) is 17.7. The van der Waals surface area contributed by atoms with Gasteiger partial charge in [0.2, 0.25) is 16.0 Å². The Kier molecular flexibility index (Phi) is 10.6. The maximum atomic E-state index is 13.7. The molecule has 1 aromatic heterocycles. The van der Waals surface area contributed by atoms with Crippen LogP contribution in [0.15, 0.2) is 30.3 Å². The standard InChI is InChI=1S/C28H41FN4O4SSi/c1-19(2)25-24(15-14-22(34)18-23(16-17-30)37-39(8,9)28(3,4)5)26(20-10-12-21(29)13-11-20)32-27(31-25)33(6)38(7,35)36/h10-15,19,22-23,34H,16,18H2,1-9H3/b15-14+/t22-,23+/m1/s1. The van der Waals surface area contributed by atoms with E-state index in [-0.39, 0.29) is 29.7 Å². The van der Waals surface area contributed by atoms with Crippen molar-refractivity contribution < 1.29 is 22.3 Å². The minimum absolute atomic E-state index is 0.00456. The Morgan fingerprint density at radius 1 is 1.21 bits per heavy atom. The second kappa shape index (κ2) is 12.7. The van der Waals surface area contributed by atoms with Crippen LogP contribution in [0.25, 0.3) is 17.3 Å². The molecule has 39 heavy (non-hydrogen) atoms. The zero-order chi connectivity index (χ0) is 29.8. The number of aliphatic hydroxyl groups excluding tert-OH is 1. The quantitative estimate of drug-likeness (QED) is 0.333. The zero-order valence-corrected chi connectivity index (χ0v) is 26.2. The summed E-state index contributed by atoms with van der Waals surface area (Å²) in [6.07, 6.45) is 3.42. The minimum atomic E-state index is -3.63. The van der Waals surface area contributed by atoms with Crippen LogP contribution in [0, 0.1) is 17.1 Å². The molecule has 0 radical (unpaired) electrons. The highest BCUT2D eigenvalue weighted by molar-refractivity contribution is 7.92. The molecule has 0 amide bonds. The number of aliphatic hydroxyl groups is 1. The van der Waals surface area contributed by atoms with Gasteiger partial charge in [-0.3, -0.25) is 0 Å². The third-order valence-corrected chi connectivity index (χ3v) is 12.7. The molecule has 0 bridgehead atoms. The summed E-state index contributed by atoms with van der Waals surface area (Å²) in [5, 5.41) is 20.3. The molecule has 8 nitrogen and oxygen atoms in total. The van der Waals surface area contributed by atoms with Crippen molar-refractivity contribution >= 4 is 30.4 Å². The van der Waals surface area contributed by atoms with E-state index in [1.54, 1.807) is 24.3 Å². The fraction of sp³-hybridized carbons (Fsp3) is 0.536. The summed E-state index contributed by atoms with van der Waals surface area (Å²) < 4.78 is 45.6. The summed E-state index contributed by atoms with van der Waals surface area (Å²) in [6.45, 7) is 14.4. The smallest absolute Gasteiger partial charge is 0.239 e. The molecule has 0 saturated heterocycles. The number of nitriles is 1. The largest absolute Gasteiger partial charge is 0.413 e. The van der Waals surface area contributed by atoms with Crippen LogP contribution in [0.1, 0.15) is 64.6 Å². The molecule has 0 fully saturated rings. The van der Waals surface area contributed by atoms with Gasteiger partial charge >= 0.3 is 0 Å². The Morgan fingerprint density at radius 3 is 2.28 bits per heavy atom. The second-order valence-corrected chi connectivity index (χ2v) is 18.4. The normalized spacial score (nSPS) is 14.4. The van der Waals surface area contributed by atoms with Gasteiger partial charge in [0.25, 0.3) is 0 Å². The van der Waals surface area contributed by atoms with Gasteiger partial charge in [-0.05, 0) is 48.3 Å². The van der Waals surface area contributed by atoms with Gasteiger partial charge in [0.1, 0.15) is 5.82 Å². The maximum Gasteiger partial charge on any atom is 0.239 e. The Balaban J connectivity index is 2.56. The number of aromatic nitrogens is 2. The van der Waals surface area contributed by atoms with E-state index in [1.807, 2.05) is 13.8 Å². The van der Waals surface area contributed by atoms with Gasteiger partial charge in [-0.1, -0.05) is 46.8 Å². The Hall–Kier alpha value is -2.65. The molecular weight excluding hydrogens is 535 g/mol. The number of benzene rings is 1. The third-order valence-electron chi connectivity index (χ3n) is 6.98. The summed E-state index contributed by atoms with van der Waals surface area (Å²) in [4.78, 5) is 9.10. The van der Waals surface area contributed by atoms with Crippen molar-refractivity contribution in [2.45, 2.75) is 83.7 Å². The molecule has 1 aromatic carbocycles. The van der Waals surface area contributed by atoms with Gasteiger partial charge in [-0.15, -0.1) is 0 Å². The Morgan fingerprint density at radius 2 is 1.79 bits per heavy atom. The van der Waals surface area contributed by atoms with Crippen LogP contribution in [0.3, 0.4) is 0 Å². The molecule has 0 spiro atoms. The molecule has 0 aliphatic heterocycles. The average Bonchev–Trinajstić information content (AvgIpc) is 2.80. The fourth-order valence-electron chi connectivity index (χ4n) is 3.62. The molecular formula is C28H41FN4O4SSi. The van der Waals surface area contributed by atoms with Crippen LogP contribution < -0.4 is 4.31 Å². The zero-order valence-electron chi connectivity index (χ0n) is 24.4. The van der Waals surface area contributed by atoms with Crippen LogP contribution in [0.5, 0.6) is 0 Å². The number of hydrogen-bond donors (Lipinski definition) is 1. The van der Waals surface area contributed by atoms with E-state index in [2.05, 4.69) is 49.9 Å². The fourth-order valence-corrected chi connectivity index (χ4v) is 5.36. The van der Waals surface area contributed by atoms with Crippen molar-refractivity contribution in [3.63, 3.8) is 0 Å². The molecule has 2 aromatic rings. The lowest BCUT2D eigenvalue weighted by Crippen LogP contribution is -2.44. The highest BCUT2D eigenvalue weighted by Crippen LogP contribution is 2.38. The highest BCUT2D eigenvalue weighted by Gasteiger charge is 2.39. The minimum Gasteiger partial charge on any atom is -0.413 e. The first kappa shape index (κ1) is 32.6. The number of anilines is 1. The van der Waals surface area contributed by atoms with Crippen LogP contribution in [-0.4, -0.2) is 57.3 Å². The van der Waals surface area contributed by atoms with Gasteiger partial charge in [-0.2, -0.15) is 5.26 Å². The monoisotopic (exact) mass is 576 g/mol. The lowest BCUT2D eigenvalue weighted by Gasteiger charge is -2.39. The van der Waals surface area contributed by atoms with E-state index in [0.717, 1.165) is 10.6 Å². The summed E-state index contributed by atoms with van der Waals surface area (Å²) >= 11 is 0. The van der Waals surface area contributed by atoms with Crippen molar-refractivity contribution in [1.29, 1.82) is 5.26 Å². The molecule has 1 heterocycles. The van der Waals surface area contributed by atoms with E-state index in [4.69, 9.17) is 4.43 Å². The predicted octanol–water partition coefficient (Wildman–Crippen LogP) is 5.87. The summed E-state index contributed by atoms with van der Waals surface area (Å²) in [6, 6.07) is 7.91. The SMILES string of the molecule is CC(C)c1nc(N(C)S(C)(=O)=O)nc(-c2ccc(F)cc2)c1/C=C/[C@@H](O)C[C@H](CC#N)O[Si](C)(C)C(C)(C)C. The van der Waals surface area contributed by atoms with Crippen molar-refractivity contribution in [3.05, 3.63) is 47.4 Å². The van der Waals surface area contributed by atoms with E-state index in [1.165, 1.54) is 19.2 Å². The molecule has 0 saturated carbocycles. The number of hydrogen-bond acceptors (Lipinski definition) is 7. The highest BCUT2D eigenvalue weighted by atomic mass is 32.2. The van der Waals surface area contributed by atoms with Crippen LogP contribution in [0.2, 0.25) is 18.1 Å². The van der Waals surface area contributed by atoms with Gasteiger partial charge in [0, 0.05) is 24.6 Å². The topological polar surface area (TPSA) is 116 Å². The average molecular weight is 577 g/mol.